The molecule has 0 N–H and O–H groups in total. The van der Waals surface area contributed by atoms with E-state index in [0.29, 0.717) is 5.56 Å². The minimum absolute atomic E-state index is 0.0117. The van der Waals surface area contributed by atoms with E-state index in [9.17, 15) is 4.79 Å². The predicted molar refractivity (Wildman–Crippen MR) is 90.7 cm³/mol. The SMILES string of the molecule is Cc1cc(C(=O)CCl)c(C)n1-c1cc(I)ccc1Br. The van der Waals surface area contributed by atoms with Gasteiger partial charge in [-0.1, -0.05) is 0 Å². The van der Waals surface area contributed by atoms with E-state index in [-0.39, 0.29) is 11.7 Å². The summed E-state index contributed by atoms with van der Waals surface area (Å²) in [7, 11) is 0. The molecule has 0 aliphatic heterocycles. The van der Waals surface area contributed by atoms with E-state index in [1.54, 1.807) is 0 Å². The summed E-state index contributed by atoms with van der Waals surface area (Å²) in [5, 5.41) is 0. The second-order valence-corrected chi connectivity index (χ2v) is 6.64. The van der Waals surface area contributed by atoms with Crippen molar-refractivity contribution in [3.05, 3.63) is 49.3 Å². The number of halogens is 3. The standard InChI is InChI=1S/C14H12BrClINO/c1-8-5-11(14(19)7-16)9(2)18(8)13-6-10(17)3-4-12(13)15/h3-6H,7H2,1-2H3. The molecule has 0 saturated heterocycles. The van der Waals surface area contributed by atoms with Crippen molar-refractivity contribution >= 4 is 55.9 Å². The molecule has 0 bridgehead atoms. The molecule has 1 heterocycles. The average molecular weight is 453 g/mol. The van der Waals surface area contributed by atoms with Gasteiger partial charge in [0.2, 0.25) is 0 Å². The zero-order chi connectivity index (χ0) is 14.2. The van der Waals surface area contributed by atoms with Crippen molar-refractivity contribution in [2.24, 2.45) is 0 Å². The Balaban J connectivity index is 2.66. The van der Waals surface area contributed by atoms with Crippen LogP contribution in [-0.4, -0.2) is 16.2 Å². The Hall–Kier alpha value is -0.330. The Bertz CT molecular complexity index is 651. The van der Waals surface area contributed by atoms with E-state index in [1.807, 2.05) is 32.0 Å². The van der Waals surface area contributed by atoms with Gasteiger partial charge in [-0.2, -0.15) is 0 Å². The van der Waals surface area contributed by atoms with Crippen LogP contribution in [0.25, 0.3) is 5.69 Å². The molecule has 0 amide bonds. The first-order valence-corrected chi connectivity index (χ1v) is 8.10. The van der Waals surface area contributed by atoms with Crippen molar-refractivity contribution < 1.29 is 4.79 Å². The molecule has 0 aliphatic carbocycles. The molecular formula is C14H12BrClINO. The lowest BCUT2D eigenvalue weighted by Crippen LogP contribution is -2.05. The number of carbonyl (C=O) groups is 1. The third-order valence-electron chi connectivity index (χ3n) is 3.00. The van der Waals surface area contributed by atoms with E-state index in [4.69, 9.17) is 11.6 Å². The van der Waals surface area contributed by atoms with Gasteiger partial charge in [0.1, 0.15) is 0 Å². The maximum absolute atomic E-state index is 11.8. The molecule has 0 spiro atoms. The molecule has 2 nitrogen and oxygen atoms in total. The summed E-state index contributed by atoms with van der Waals surface area (Å²) in [6.07, 6.45) is 0. The third-order valence-corrected chi connectivity index (χ3v) is 4.59. The van der Waals surface area contributed by atoms with Gasteiger partial charge < -0.3 is 4.57 Å². The van der Waals surface area contributed by atoms with Crippen molar-refractivity contribution in [1.29, 1.82) is 0 Å². The molecule has 0 aliphatic rings. The van der Waals surface area contributed by atoms with Gasteiger partial charge in [0.05, 0.1) is 11.6 Å². The molecule has 2 rings (SSSR count). The Labute approximate surface area is 139 Å². The van der Waals surface area contributed by atoms with Crippen molar-refractivity contribution in [3.63, 3.8) is 0 Å². The van der Waals surface area contributed by atoms with Crippen LogP contribution in [0.15, 0.2) is 28.7 Å². The van der Waals surface area contributed by atoms with E-state index in [2.05, 4.69) is 49.2 Å². The van der Waals surface area contributed by atoms with E-state index in [1.165, 1.54) is 0 Å². The van der Waals surface area contributed by atoms with Gasteiger partial charge in [-0.3, -0.25) is 4.79 Å². The number of Topliss-reactive ketones (excluding diaryl/α,β-unsaturated/α-hetero) is 1. The molecular weight excluding hydrogens is 440 g/mol. The number of rotatable bonds is 3. The molecule has 1 aromatic carbocycles. The highest BCUT2D eigenvalue weighted by molar-refractivity contribution is 14.1. The average Bonchev–Trinajstić information content (AvgIpc) is 2.67. The van der Waals surface area contributed by atoms with E-state index >= 15 is 0 Å². The predicted octanol–water partition coefficient (Wildman–Crippen LogP) is 4.88. The smallest absolute Gasteiger partial charge is 0.179 e. The highest BCUT2D eigenvalue weighted by atomic mass is 127. The summed E-state index contributed by atoms with van der Waals surface area (Å²) in [6, 6.07) is 8.03. The summed E-state index contributed by atoms with van der Waals surface area (Å²) >= 11 is 11.5. The van der Waals surface area contributed by atoms with Crippen LogP contribution in [0, 0.1) is 17.4 Å². The highest BCUT2D eigenvalue weighted by Crippen LogP contribution is 2.28. The molecule has 0 radical (unpaired) electrons. The second-order valence-electron chi connectivity index (χ2n) is 4.27. The Morgan fingerprint density at radius 3 is 2.68 bits per heavy atom. The maximum Gasteiger partial charge on any atom is 0.179 e. The number of hydrogen-bond acceptors (Lipinski definition) is 1. The first-order chi connectivity index (χ1) is 8.95. The zero-order valence-electron chi connectivity index (χ0n) is 10.5. The van der Waals surface area contributed by atoms with Crippen LogP contribution >= 0.6 is 50.1 Å². The number of aromatic nitrogens is 1. The van der Waals surface area contributed by atoms with Crippen molar-refractivity contribution in [1.82, 2.24) is 4.57 Å². The summed E-state index contributed by atoms with van der Waals surface area (Å²) < 4.78 is 4.22. The van der Waals surface area contributed by atoms with Gasteiger partial charge in [0.25, 0.3) is 0 Å². The van der Waals surface area contributed by atoms with Crippen LogP contribution in [0.4, 0.5) is 0 Å². The number of nitrogens with zero attached hydrogens (tertiary/aromatic N) is 1. The second kappa shape index (κ2) is 5.97. The monoisotopic (exact) mass is 451 g/mol. The topological polar surface area (TPSA) is 22.0 Å². The Morgan fingerprint density at radius 2 is 2.05 bits per heavy atom. The van der Waals surface area contributed by atoms with Crippen molar-refractivity contribution in [2.45, 2.75) is 13.8 Å². The van der Waals surface area contributed by atoms with Gasteiger partial charge >= 0.3 is 0 Å². The fraction of sp³-hybridized carbons (Fsp3) is 0.214. The van der Waals surface area contributed by atoms with Crippen LogP contribution in [0.5, 0.6) is 0 Å². The van der Waals surface area contributed by atoms with E-state index in [0.717, 1.165) is 25.1 Å². The normalized spacial score (nSPS) is 10.8. The van der Waals surface area contributed by atoms with Crippen molar-refractivity contribution in [3.8, 4) is 5.69 Å². The molecule has 0 saturated carbocycles. The van der Waals surface area contributed by atoms with Gasteiger partial charge in [0, 0.05) is 25.0 Å². The molecule has 19 heavy (non-hydrogen) atoms. The number of benzene rings is 1. The van der Waals surface area contributed by atoms with Crippen LogP contribution < -0.4 is 0 Å². The maximum atomic E-state index is 11.8. The van der Waals surface area contributed by atoms with Gasteiger partial charge in [-0.25, -0.2) is 0 Å². The quantitative estimate of drug-likeness (QED) is 0.370. The van der Waals surface area contributed by atoms with Gasteiger partial charge in [-0.05, 0) is 76.6 Å². The first kappa shape index (κ1) is 15.1. The summed E-state index contributed by atoms with van der Waals surface area (Å²) in [5.74, 6) is -0.0274. The molecule has 100 valence electrons. The molecule has 1 aromatic heterocycles. The summed E-state index contributed by atoms with van der Waals surface area (Å²) in [5.41, 5.74) is 3.67. The number of ketones is 1. The minimum atomic E-state index is -0.0391. The van der Waals surface area contributed by atoms with Crippen LogP contribution in [0.1, 0.15) is 21.7 Å². The molecule has 0 atom stereocenters. The molecule has 2 aromatic rings. The molecule has 5 heteroatoms. The van der Waals surface area contributed by atoms with Gasteiger partial charge in [-0.15, -0.1) is 11.6 Å². The van der Waals surface area contributed by atoms with Crippen LogP contribution in [-0.2, 0) is 0 Å². The fourth-order valence-electron chi connectivity index (χ4n) is 2.14. The lowest BCUT2D eigenvalue weighted by Gasteiger charge is -2.12. The third kappa shape index (κ3) is 2.90. The van der Waals surface area contributed by atoms with Crippen molar-refractivity contribution in [2.75, 3.05) is 5.88 Å². The lowest BCUT2D eigenvalue weighted by atomic mass is 10.2. The number of aryl methyl sites for hydroxylation is 1. The van der Waals surface area contributed by atoms with Crippen LogP contribution in [0.2, 0.25) is 0 Å². The zero-order valence-corrected chi connectivity index (χ0v) is 15.0. The highest BCUT2D eigenvalue weighted by Gasteiger charge is 2.17. The number of hydrogen-bond donors (Lipinski definition) is 0. The minimum Gasteiger partial charge on any atom is -0.317 e. The van der Waals surface area contributed by atoms with E-state index < -0.39 is 0 Å². The number of carbonyl (C=O) groups excluding carboxylic acids is 1. The lowest BCUT2D eigenvalue weighted by molar-refractivity contribution is 0.102. The largest absolute Gasteiger partial charge is 0.317 e. The molecule has 0 unspecified atom stereocenters. The number of alkyl halides is 1. The van der Waals surface area contributed by atoms with Gasteiger partial charge in [0.15, 0.2) is 5.78 Å². The Morgan fingerprint density at radius 1 is 1.37 bits per heavy atom. The Kier molecular flexibility index (Phi) is 4.74. The first-order valence-electron chi connectivity index (χ1n) is 5.69. The van der Waals surface area contributed by atoms with Crippen LogP contribution in [0.3, 0.4) is 0 Å². The summed E-state index contributed by atoms with van der Waals surface area (Å²) in [4.78, 5) is 11.8. The summed E-state index contributed by atoms with van der Waals surface area (Å²) in [6.45, 7) is 3.93. The molecule has 0 fully saturated rings. The fourth-order valence-corrected chi connectivity index (χ4v) is 3.19.